The molecule has 1 N–H and O–H groups in total. The summed E-state index contributed by atoms with van der Waals surface area (Å²) in [5.74, 6) is 0. The average Bonchev–Trinajstić information content (AvgIpc) is 2.63. The first-order chi connectivity index (χ1) is 8.06. The van der Waals surface area contributed by atoms with Crippen LogP contribution in [0.25, 0.3) is 0 Å². The van der Waals surface area contributed by atoms with E-state index in [1.165, 1.54) is 38.8 Å². The highest BCUT2D eigenvalue weighted by Gasteiger charge is 2.34. The highest BCUT2D eigenvalue weighted by molar-refractivity contribution is 4.92. The predicted molar refractivity (Wildman–Crippen MR) is 73.4 cm³/mol. The fourth-order valence-corrected chi connectivity index (χ4v) is 3.76. The van der Waals surface area contributed by atoms with Gasteiger partial charge in [0.25, 0.3) is 0 Å². The van der Waals surface area contributed by atoms with E-state index in [4.69, 9.17) is 0 Å². The minimum Gasteiger partial charge on any atom is -0.312 e. The van der Waals surface area contributed by atoms with Crippen molar-refractivity contribution in [3.05, 3.63) is 0 Å². The van der Waals surface area contributed by atoms with Crippen molar-refractivity contribution in [1.29, 1.82) is 0 Å². The molecule has 0 saturated carbocycles. The Hall–Kier alpha value is -0.120. The van der Waals surface area contributed by atoms with Gasteiger partial charge in [0, 0.05) is 30.7 Å². The number of nitrogens with one attached hydrogen (secondary N) is 1. The molecule has 3 atom stereocenters. The van der Waals surface area contributed by atoms with Crippen molar-refractivity contribution in [2.75, 3.05) is 27.2 Å². The molecule has 0 spiro atoms. The number of hydrogen-bond acceptors (Lipinski definition) is 3. The normalized spacial score (nSPS) is 40.1. The molecule has 3 nitrogen and oxygen atoms in total. The summed E-state index contributed by atoms with van der Waals surface area (Å²) in [5.41, 5.74) is 0. The maximum absolute atomic E-state index is 3.65. The third kappa shape index (κ3) is 3.43. The van der Waals surface area contributed by atoms with Crippen LogP contribution in [0.15, 0.2) is 0 Å². The zero-order valence-corrected chi connectivity index (χ0v) is 11.9. The van der Waals surface area contributed by atoms with Crippen molar-refractivity contribution in [1.82, 2.24) is 15.1 Å². The van der Waals surface area contributed by atoms with Gasteiger partial charge < -0.3 is 10.2 Å². The Bertz CT molecular complexity index is 232. The molecule has 0 aliphatic carbocycles. The number of likely N-dealkylation sites (N-methyl/N-ethyl adjacent to an activating group) is 1. The highest BCUT2D eigenvalue weighted by atomic mass is 15.2. The Morgan fingerprint density at radius 1 is 1.18 bits per heavy atom. The van der Waals surface area contributed by atoms with E-state index in [0.717, 1.165) is 12.1 Å². The summed E-state index contributed by atoms with van der Waals surface area (Å²) in [7, 11) is 4.40. The summed E-state index contributed by atoms with van der Waals surface area (Å²) in [4.78, 5) is 5.14. The lowest BCUT2D eigenvalue weighted by atomic mass is 9.93. The first kappa shape index (κ1) is 13.3. The van der Waals surface area contributed by atoms with Gasteiger partial charge in [0.05, 0.1) is 0 Å². The number of piperidine rings is 1. The lowest BCUT2D eigenvalue weighted by Crippen LogP contribution is -2.53. The van der Waals surface area contributed by atoms with Crippen molar-refractivity contribution < 1.29 is 0 Å². The summed E-state index contributed by atoms with van der Waals surface area (Å²) in [5, 5.41) is 3.65. The van der Waals surface area contributed by atoms with Crippen LogP contribution >= 0.6 is 0 Å². The highest BCUT2D eigenvalue weighted by Crippen LogP contribution is 2.27. The third-order valence-corrected chi connectivity index (χ3v) is 4.29. The van der Waals surface area contributed by atoms with Crippen LogP contribution in [-0.2, 0) is 0 Å². The summed E-state index contributed by atoms with van der Waals surface area (Å²) in [6.45, 7) is 7.22. The standard InChI is InChI=1S/C14H29N3/c1-11-8-14(9-12(2)15-11)17-7-5-6-13(17)10-16(3)4/h11-15H,5-10H2,1-4H3. The topological polar surface area (TPSA) is 18.5 Å². The zero-order valence-electron chi connectivity index (χ0n) is 11.9. The van der Waals surface area contributed by atoms with Gasteiger partial charge in [0.15, 0.2) is 0 Å². The first-order valence-corrected chi connectivity index (χ1v) is 7.22. The van der Waals surface area contributed by atoms with Gasteiger partial charge >= 0.3 is 0 Å². The van der Waals surface area contributed by atoms with Crippen molar-refractivity contribution in [3.63, 3.8) is 0 Å². The van der Waals surface area contributed by atoms with Gasteiger partial charge in [-0.25, -0.2) is 0 Å². The lowest BCUT2D eigenvalue weighted by molar-refractivity contribution is 0.103. The van der Waals surface area contributed by atoms with Crippen LogP contribution in [0.2, 0.25) is 0 Å². The van der Waals surface area contributed by atoms with Crippen molar-refractivity contribution in [3.8, 4) is 0 Å². The SMILES string of the molecule is CC1CC(N2CCCC2CN(C)C)CC(C)N1. The Labute approximate surface area is 107 Å². The van der Waals surface area contributed by atoms with E-state index < -0.39 is 0 Å². The Kier molecular flexibility index (Phi) is 4.45. The predicted octanol–water partition coefficient (Wildman–Crippen LogP) is 1.54. The van der Waals surface area contributed by atoms with Gasteiger partial charge in [-0.3, -0.25) is 4.90 Å². The van der Waals surface area contributed by atoms with Crippen molar-refractivity contribution >= 4 is 0 Å². The van der Waals surface area contributed by atoms with Crippen molar-refractivity contribution in [2.24, 2.45) is 0 Å². The van der Waals surface area contributed by atoms with Gasteiger partial charge in [-0.05, 0) is 60.2 Å². The molecule has 100 valence electrons. The fourth-order valence-electron chi connectivity index (χ4n) is 3.76. The van der Waals surface area contributed by atoms with E-state index in [1.807, 2.05) is 0 Å². The molecule has 2 saturated heterocycles. The number of likely N-dealkylation sites (tertiary alicyclic amines) is 1. The molecular formula is C14H29N3. The molecule has 2 rings (SSSR count). The quantitative estimate of drug-likeness (QED) is 0.806. The second-order valence-corrected chi connectivity index (χ2v) is 6.39. The van der Waals surface area contributed by atoms with Crippen LogP contribution in [0, 0.1) is 0 Å². The molecule has 0 radical (unpaired) electrons. The summed E-state index contributed by atoms with van der Waals surface area (Å²) < 4.78 is 0. The molecule has 0 aromatic heterocycles. The monoisotopic (exact) mass is 239 g/mol. The van der Waals surface area contributed by atoms with Crippen LogP contribution in [0.3, 0.4) is 0 Å². The fraction of sp³-hybridized carbons (Fsp3) is 1.00. The van der Waals surface area contributed by atoms with Gasteiger partial charge in [-0.1, -0.05) is 0 Å². The average molecular weight is 239 g/mol. The lowest BCUT2D eigenvalue weighted by Gasteiger charge is -2.41. The van der Waals surface area contributed by atoms with E-state index in [-0.39, 0.29) is 0 Å². The van der Waals surface area contributed by atoms with Crippen molar-refractivity contribution in [2.45, 2.75) is 63.7 Å². The zero-order chi connectivity index (χ0) is 12.4. The summed E-state index contributed by atoms with van der Waals surface area (Å²) in [6.07, 6.45) is 5.44. The smallest absolute Gasteiger partial charge is 0.0226 e. The number of hydrogen-bond donors (Lipinski definition) is 1. The molecule has 3 unspecified atom stereocenters. The van der Waals surface area contributed by atoms with E-state index in [2.05, 4.69) is 43.1 Å². The second-order valence-electron chi connectivity index (χ2n) is 6.39. The second kappa shape index (κ2) is 5.68. The molecule has 2 aliphatic rings. The molecular weight excluding hydrogens is 210 g/mol. The molecule has 0 aromatic carbocycles. The Balaban J connectivity index is 1.95. The summed E-state index contributed by atoms with van der Waals surface area (Å²) >= 11 is 0. The minimum absolute atomic E-state index is 0.685. The van der Waals surface area contributed by atoms with Gasteiger partial charge in [0.2, 0.25) is 0 Å². The van der Waals surface area contributed by atoms with Crippen LogP contribution in [0.5, 0.6) is 0 Å². The maximum Gasteiger partial charge on any atom is 0.0226 e. The molecule has 2 heterocycles. The molecule has 0 amide bonds. The van der Waals surface area contributed by atoms with Crippen LogP contribution in [0.4, 0.5) is 0 Å². The van der Waals surface area contributed by atoms with E-state index in [9.17, 15) is 0 Å². The Morgan fingerprint density at radius 3 is 2.41 bits per heavy atom. The third-order valence-electron chi connectivity index (χ3n) is 4.29. The van der Waals surface area contributed by atoms with E-state index >= 15 is 0 Å². The van der Waals surface area contributed by atoms with Crippen LogP contribution in [-0.4, -0.2) is 61.2 Å². The van der Waals surface area contributed by atoms with Gasteiger partial charge in [-0.2, -0.15) is 0 Å². The largest absolute Gasteiger partial charge is 0.312 e. The molecule has 0 aromatic rings. The van der Waals surface area contributed by atoms with Gasteiger partial charge in [-0.15, -0.1) is 0 Å². The van der Waals surface area contributed by atoms with Crippen LogP contribution < -0.4 is 5.32 Å². The van der Waals surface area contributed by atoms with E-state index in [1.54, 1.807) is 0 Å². The molecule has 2 fully saturated rings. The molecule has 2 aliphatic heterocycles. The Morgan fingerprint density at radius 2 is 1.82 bits per heavy atom. The number of nitrogens with zero attached hydrogens (tertiary/aromatic N) is 2. The molecule has 0 bridgehead atoms. The molecule has 17 heavy (non-hydrogen) atoms. The van der Waals surface area contributed by atoms with Gasteiger partial charge in [0.1, 0.15) is 0 Å². The first-order valence-electron chi connectivity index (χ1n) is 7.22. The van der Waals surface area contributed by atoms with Crippen LogP contribution in [0.1, 0.15) is 39.5 Å². The minimum atomic E-state index is 0.685. The maximum atomic E-state index is 3.65. The number of rotatable bonds is 3. The van der Waals surface area contributed by atoms with E-state index in [0.29, 0.717) is 12.1 Å². The summed E-state index contributed by atoms with van der Waals surface area (Å²) in [6, 6.07) is 2.98. The molecule has 3 heteroatoms.